The Morgan fingerprint density at radius 2 is 1.79 bits per heavy atom. The lowest BCUT2D eigenvalue weighted by Gasteiger charge is -2.13. The molecule has 34 heavy (non-hydrogen) atoms. The van der Waals surface area contributed by atoms with E-state index < -0.39 is 0 Å². The van der Waals surface area contributed by atoms with Crippen molar-refractivity contribution in [1.29, 1.82) is 0 Å². The van der Waals surface area contributed by atoms with Gasteiger partial charge in [-0.1, -0.05) is 35.0 Å². The number of methoxy groups -OCH3 is 1. The quantitative estimate of drug-likeness (QED) is 0.255. The van der Waals surface area contributed by atoms with Crippen LogP contribution in [0, 0.1) is 6.92 Å². The Balaban J connectivity index is 1.56. The minimum atomic E-state index is 0.0464. The highest BCUT2D eigenvalue weighted by Gasteiger charge is 2.22. The normalized spacial score (nSPS) is 11.2. The van der Waals surface area contributed by atoms with Crippen LogP contribution in [-0.2, 0) is 0 Å². The Morgan fingerprint density at radius 3 is 2.53 bits per heavy atom. The molecule has 0 unspecified atom stereocenters. The maximum Gasteiger partial charge on any atom is 0.270 e. The topological polar surface area (TPSA) is 62.3 Å². The molecule has 3 heterocycles. The van der Waals surface area contributed by atoms with Crippen LogP contribution in [0.2, 0.25) is 0 Å². The number of benzene rings is 2. The molecule has 7 heteroatoms. The molecule has 6 nitrogen and oxygen atoms in total. The van der Waals surface area contributed by atoms with E-state index in [1.165, 1.54) is 5.56 Å². The molecule has 0 aliphatic rings. The van der Waals surface area contributed by atoms with Gasteiger partial charge in [0.05, 0.1) is 18.9 Å². The van der Waals surface area contributed by atoms with Gasteiger partial charge in [0.1, 0.15) is 4.88 Å². The Hall–Kier alpha value is -3.84. The molecule has 0 bridgehead atoms. The molecular formula is C27H25N3O3S. The number of aromatic nitrogens is 3. The van der Waals surface area contributed by atoms with E-state index in [-0.39, 0.29) is 6.10 Å². The summed E-state index contributed by atoms with van der Waals surface area (Å²) in [6.07, 6.45) is 4.10. The molecule has 5 aromatic rings. The fourth-order valence-corrected chi connectivity index (χ4v) is 4.85. The second-order valence-electron chi connectivity index (χ2n) is 8.24. The summed E-state index contributed by atoms with van der Waals surface area (Å²) in [7, 11) is 1.62. The lowest BCUT2D eigenvalue weighted by Crippen LogP contribution is -2.06. The molecule has 0 saturated carbocycles. The molecule has 0 radical (unpaired) electrons. The fourth-order valence-electron chi connectivity index (χ4n) is 3.85. The van der Waals surface area contributed by atoms with Gasteiger partial charge in [-0.25, -0.2) is 0 Å². The van der Waals surface area contributed by atoms with Gasteiger partial charge in [-0.15, -0.1) is 11.3 Å². The van der Waals surface area contributed by atoms with Gasteiger partial charge in [0.25, 0.3) is 5.89 Å². The van der Waals surface area contributed by atoms with Gasteiger partial charge >= 0.3 is 0 Å². The lowest BCUT2D eigenvalue weighted by atomic mass is 10.0. The van der Waals surface area contributed by atoms with Crippen LogP contribution in [0.4, 0.5) is 0 Å². The van der Waals surface area contributed by atoms with Crippen molar-refractivity contribution in [3.05, 3.63) is 77.9 Å². The van der Waals surface area contributed by atoms with Crippen molar-refractivity contribution >= 4 is 11.3 Å². The molecule has 0 saturated heterocycles. The third-order valence-electron chi connectivity index (χ3n) is 5.36. The van der Waals surface area contributed by atoms with Gasteiger partial charge in [-0.2, -0.15) is 4.98 Å². The first-order valence-corrected chi connectivity index (χ1v) is 11.9. The molecule has 0 N–H and O–H groups in total. The molecular weight excluding hydrogens is 446 g/mol. The van der Waals surface area contributed by atoms with E-state index in [2.05, 4.69) is 46.3 Å². The number of thiophene rings is 1. The van der Waals surface area contributed by atoms with E-state index in [9.17, 15) is 0 Å². The molecule has 0 spiro atoms. The van der Waals surface area contributed by atoms with E-state index >= 15 is 0 Å². The molecule has 0 atom stereocenters. The zero-order valence-electron chi connectivity index (χ0n) is 19.5. The second-order valence-corrected chi connectivity index (χ2v) is 9.12. The van der Waals surface area contributed by atoms with Gasteiger partial charge in [-0.05, 0) is 56.7 Å². The Bertz CT molecular complexity index is 1420. The zero-order valence-corrected chi connectivity index (χ0v) is 20.3. The average Bonchev–Trinajstić information content (AvgIpc) is 3.58. The number of hydrogen-bond acceptors (Lipinski definition) is 6. The van der Waals surface area contributed by atoms with Crippen molar-refractivity contribution in [1.82, 2.24) is 14.7 Å². The molecule has 0 aliphatic heterocycles. The number of rotatable bonds is 7. The van der Waals surface area contributed by atoms with E-state index in [0.29, 0.717) is 23.2 Å². The molecule has 0 aliphatic carbocycles. The zero-order chi connectivity index (χ0) is 23.7. The van der Waals surface area contributed by atoms with Crippen LogP contribution in [0.15, 0.2) is 76.9 Å². The molecule has 2 aromatic carbocycles. The van der Waals surface area contributed by atoms with Crippen molar-refractivity contribution in [3.8, 4) is 50.5 Å². The number of aryl methyl sites for hydroxylation is 1. The third kappa shape index (κ3) is 4.22. The highest BCUT2D eigenvalue weighted by molar-refractivity contribution is 7.14. The highest BCUT2D eigenvalue weighted by Crippen LogP contribution is 2.41. The standard InChI is InChI=1S/C27H25N3O3S/c1-17(2)32-22-11-10-20(15-23(22)31-4)26-28-27(33-29-26)25-24(30-12-5-6-13-30)21(16-34-25)19-9-7-8-18(3)14-19/h5-17H,1-4H3. The van der Waals surface area contributed by atoms with Crippen LogP contribution in [0.3, 0.4) is 0 Å². The Morgan fingerprint density at radius 1 is 0.971 bits per heavy atom. The third-order valence-corrected chi connectivity index (χ3v) is 6.32. The van der Waals surface area contributed by atoms with Crippen molar-refractivity contribution in [3.63, 3.8) is 0 Å². The van der Waals surface area contributed by atoms with Crippen molar-refractivity contribution in [2.24, 2.45) is 0 Å². The summed E-state index contributed by atoms with van der Waals surface area (Å²) in [4.78, 5) is 5.65. The minimum absolute atomic E-state index is 0.0464. The van der Waals surface area contributed by atoms with Crippen molar-refractivity contribution in [2.45, 2.75) is 26.9 Å². The van der Waals surface area contributed by atoms with Crippen molar-refractivity contribution in [2.75, 3.05) is 7.11 Å². The maximum atomic E-state index is 5.82. The minimum Gasteiger partial charge on any atom is -0.493 e. The van der Waals surface area contributed by atoms with E-state index in [1.807, 2.05) is 56.6 Å². The summed E-state index contributed by atoms with van der Waals surface area (Å²) in [6, 6.07) is 18.1. The van der Waals surface area contributed by atoms with Gasteiger partial charge in [0.15, 0.2) is 11.5 Å². The van der Waals surface area contributed by atoms with Gasteiger partial charge in [0, 0.05) is 28.9 Å². The van der Waals surface area contributed by atoms with Crippen LogP contribution in [0.1, 0.15) is 19.4 Å². The maximum absolute atomic E-state index is 5.82. The summed E-state index contributed by atoms with van der Waals surface area (Å²) < 4.78 is 19.2. The van der Waals surface area contributed by atoms with Crippen LogP contribution in [-0.4, -0.2) is 27.9 Å². The van der Waals surface area contributed by atoms with Crippen LogP contribution in [0.5, 0.6) is 11.5 Å². The number of hydrogen-bond donors (Lipinski definition) is 0. The van der Waals surface area contributed by atoms with E-state index in [0.717, 1.165) is 27.3 Å². The Labute approximate surface area is 202 Å². The van der Waals surface area contributed by atoms with Gasteiger partial charge < -0.3 is 18.6 Å². The first kappa shape index (κ1) is 22.0. The Kier molecular flexibility index (Phi) is 5.94. The molecule has 172 valence electrons. The summed E-state index contributed by atoms with van der Waals surface area (Å²) in [5, 5.41) is 6.41. The van der Waals surface area contributed by atoms with Gasteiger partial charge in [-0.3, -0.25) is 0 Å². The predicted molar refractivity (Wildman–Crippen MR) is 135 cm³/mol. The number of nitrogens with zero attached hydrogens (tertiary/aromatic N) is 3. The first-order chi connectivity index (χ1) is 16.5. The van der Waals surface area contributed by atoms with Crippen molar-refractivity contribution < 1.29 is 14.0 Å². The monoisotopic (exact) mass is 471 g/mol. The molecule has 0 fully saturated rings. The van der Waals surface area contributed by atoms with Crippen LogP contribution < -0.4 is 9.47 Å². The smallest absolute Gasteiger partial charge is 0.270 e. The summed E-state index contributed by atoms with van der Waals surface area (Å²) in [5.74, 6) is 2.28. The molecule has 0 amide bonds. The van der Waals surface area contributed by atoms with Crippen LogP contribution in [0.25, 0.3) is 39.0 Å². The highest BCUT2D eigenvalue weighted by atomic mass is 32.1. The largest absolute Gasteiger partial charge is 0.493 e. The second kappa shape index (κ2) is 9.19. The predicted octanol–water partition coefficient (Wildman–Crippen LogP) is 7.03. The SMILES string of the molecule is COc1cc(-c2noc(-c3scc(-c4cccc(C)c4)c3-n3cccc3)n2)ccc1OC(C)C. The summed E-state index contributed by atoms with van der Waals surface area (Å²) in [5.41, 5.74) is 5.30. The number of ether oxygens (including phenoxy) is 2. The summed E-state index contributed by atoms with van der Waals surface area (Å²) >= 11 is 1.59. The first-order valence-electron chi connectivity index (χ1n) is 11.0. The molecule has 5 rings (SSSR count). The van der Waals surface area contributed by atoms with Crippen LogP contribution >= 0.6 is 11.3 Å². The molecule has 3 aromatic heterocycles. The fraction of sp³-hybridized carbons (Fsp3) is 0.185. The van der Waals surface area contributed by atoms with Gasteiger partial charge in [0.2, 0.25) is 5.82 Å². The lowest BCUT2D eigenvalue weighted by molar-refractivity contribution is 0.230. The average molecular weight is 472 g/mol. The van der Waals surface area contributed by atoms with E-state index in [1.54, 1.807) is 18.4 Å². The van der Waals surface area contributed by atoms with E-state index in [4.69, 9.17) is 19.0 Å². The summed E-state index contributed by atoms with van der Waals surface area (Å²) in [6.45, 7) is 6.06.